The van der Waals surface area contributed by atoms with Crippen LogP contribution in [0.1, 0.15) is 11.1 Å². The van der Waals surface area contributed by atoms with Gasteiger partial charge in [0.1, 0.15) is 17.9 Å². The highest BCUT2D eigenvalue weighted by molar-refractivity contribution is 6.31. The van der Waals surface area contributed by atoms with E-state index in [1.54, 1.807) is 86.0 Å². The Kier molecular flexibility index (Phi) is 7.12. The number of fused-ring (bicyclic) bond motifs is 2. The molecule has 42 heavy (non-hydrogen) atoms. The molecular weight excluding hydrogens is 560 g/mol. The average molecular weight is 581 g/mol. The summed E-state index contributed by atoms with van der Waals surface area (Å²) < 4.78 is 18.5. The number of ether oxygens (including phenoxy) is 2. The van der Waals surface area contributed by atoms with Gasteiger partial charge in [0.05, 0.1) is 34.5 Å². The fourth-order valence-corrected chi connectivity index (χ4v) is 4.73. The van der Waals surface area contributed by atoms with Crippen molar-refractivity contribution < 1.29 is 18.8 Å². The Balaban J connectivity index is 1.49. The number of hydrogen-bond acceptors (Lipinski definition) is 8. The van der Waals surface area contributed by atoms with Crippen LogP contribution in [0.5, 0.6) is 11.5 Å². The lowest BCUT2D eigenvalue weighted by Crippen LogP contribution is -2.20. The summed E-state index contributed by atoms with van der Waals surface area (Å²) in [4.78, 5) is 29.7. The van der Waals surface area contributed by atoms with Gasteiger partial charge in [0, 0.05) is 22.2 Å². The lowest BCUT2D eigenvalue weighted by Gasteiger charge is -2.11. The minimum absolute atomic E-state index is 0.0189. The molecule has 0 saturated carbocycles. The second kappa shape index (κ2) is 11.2. The third-order valence-electron chi connectivity index (χ3n) is 6.58. The number of furan rings is 1. The molecule has 208 valence electrons. The number of aromatic nitrogens is 2. The van der Waals surface area contributed by atoms with Crippen LogP contribution in [0, 0.1) is 10.1 Å². The van der Waals surface area contributed by atoms with E-state index in [1.807, 2.05) is 0 Å². The first-order chi connectivity index (χ1) is 20.4. The molecule has 10 nitrogen and oxygen atoms in total. The number of nitro benzene ring substituents is 1. The Labute approximate surface area is 243 Å². The molecule has 2 aromatic heterocycles. The van der Waals surface area contributed by atoms with Crippen LogP contribution in [0.25, 0.3) is 33.5 Å². The van der Waals surface area contributed by atoms with Crippen molar-refractivity contribution in [2.75, 3.05) is 7.11 Å². The SMILES string of the molecule is COc1cccc2oc(-c3nc4ccccc4c(=O)n3N=Cc3cccc([N+](=O)[O-])c3OCc3ccccc3Cl)cc12. The van der Waals surface area contributed by atoms with Crippen molar-refractivity contribution in [3.05, 3.63) is 128 Å². The van der Waals surface area contributed by atoms with Gasteiger partial charge in [0.15, 0.2) is 5.76 Å². The summed E-state index contributed by atoms with van der Waals surface area (Å²) in [6.45, 7) is -0.0189. The first-order valence-corrected chi connectivity index (χ1v) is 13.1. The summed E-state index contributed by atoms with van der Waals surface area (Å²) in [5.74, 6) is 0.987. The number of halogens is 1. The van der Waals surface area contributed by atoms with E-state index < -0.39 is 10.5 Å². The quantitative estimate of drug-likeness (QED) is 0.110. The lowest BCUT2D eigenvalue weighted by molar-refractivity contribution is -0.385. The number of methoxy groups -OCH3 is 1. The van der Waals surface area contributed by atoms with Crippen molar-refractivity contribution in [3.8, 4) is 23.1 Å². The van der Waals surface area contributed by atoms with E-state index in [1.165, 1.54) is 18.3 Å². The average Bonchev–Trinajstić information content (AvgIpc) is 3.45. The molecular formula is C31H21ClN4O6. The van der Waals surface area contributed by atoms with Crippen molar-refractivity contribution in [1.29, 1.82) is 0 Å². The van der Waals surface area contributed by atoms with Gasteiger partial charge in [0.2, 0.25) is 11.6 Å². The maximum atomic E-state index is 13.7. The largest absolute Gasteiger partial charge is 0.496 e. The molecule has 0 fully saturated rings. The third kappa shape index (κ3) is 4.95. The van der Waals surface area contributed by atoms with E-state index in [0.717, 1.165) is 4.68 Å². The first-order valence-electron chi connectivity index (χ1n) is 12.7. The second-order valence-corrected chi connectivity index (χ2v) is 9.54. The topological polar surface area (TPSA) is 122 Å². The molecule has 6 aromatic rings. The van der Waals surface area contributed by atoms with Gasteiger partial charge >= 0.3 is 5.69 Å². The van der Waals surface area contributed by atoms with Crippen LogP contribution in [0.15, 0.2) is 105 Å². The zero-order valence-electron chi connectivity index (χ0n) is 22.1. The molecule has 0 spiro atoms. The first kappa shape index (κ1) is 26.7. The van der Waals surface area contributed by atoms with Crippen LogP contribution in [0.2, 0.25) is 5.02 Å². The minimum atomic E-state index is -0.545. The molecule has 2 heterocycles. The van der Waals surface area contributed by atoms with E-state index in [2.05, 4.69) is 10.1 Å². The molecule has 6 rings (SSSR count). The van der Waals surface area contributed by atoms with Gasteiger partial charge in [-0.1, -0.05) is 54.1 Å². The van der Waals surface area contributed by atoms with E-state index in [0.29, 0.717) is 38.2 Å². The predicted molar refractivity (Wildman–Crippen MR) is 160 cm³/mol. The van der Waals surface area contributed by atoms with E-state index in [4.69, 9.17) is 25.5 Å². The van der Waals surface area contributed by atoms with Gasteiger partial charge in [0.25, 0.3) is 5.56 Å². The Morgan fingerprint density at radius 1 is 1.02 bits per heavy atom. The lowest BCUT2D eigenvalue weighted by atomic mass is 10.2. The van der Waals surface area contributed by atoms with Crippen LogP contribution in [0.4, 0.5) is 5.69 Å². The normalized spacial score (nSPS) is 11.4. The summed E-state index contributed by atoms with van der Waals surface area (Å²) in [6.07, 6.45) is 1.32. The Morgan fingerprint density at radius 2 is 1.81 bits per heavy atom. The van der Waals surface area contributed by atoms with Crippen molar-refractivity contribution >= 4 is 45.4 Å². The van der Waals surface area contributed by atoms with E-state index in [-0.39, 0.29) is 35.2 Å². The fourth-order valence-electron chi connectivity index (χ4n) is 4.54. The van der Waals surface area contributed by atoms with Crippen molar-refractivity contribution in [2.24, 2.45) is 5.10 Å². The van der Waals surface area contributed by atoms with Crippen LogP contribution < -0.4 is 15.0 Å². The van der Waals surface area contributed by atoms with Gasteiger partial charge < -0.3 is 13.9 Å². The minimum Gasteiger partial charge on any atom is -0.496 e. The predicted octanol–water partition coefficient (Wildman–Crippen LogP) is 6.84. The molecule has 4 aromatic carbocycles. The number of rotatable bonds is 8. The molecule has 0 amide bonds. The van der Waals surface area contributed by atoms with Gasteiger partial charge in [-0.15, -0.1) is 0 Å². The maximum Gasteiger partial charge on any atom is 0.311 e. The highest BCUT2D eigenvalue weighted by Crippen LogP contribution is 2.34. The fraction of sp³-hybridized carbons (Fsp3) is 0.0645. The molecule has 0 atom stereocenters. The zero-order valence-corrected chi connectivity index (χ0v) is 22.8. The highest BCUT2D eigenvalue weighted by atomic mass is 35.5. The Hall–Kier alpha value is -5.48. The zero-order chi connectivity index (χ0) is 29.2. The van der Waals surface area contributed by atoms with Crippen LogP contribution in [-0.2, 0) is 6.61 Å². The van der Waals surface area contributed by atoms with Crippen LogP contribution >= 0.6 is 11.6 Å². The summed E-state index contributed by atoms with van der Waals surface area (Å²) in [5, 5.41) is 17.8. The molecule has 0 radical (unpaired) electrons. The molecule has 0 bridgehead atoms. The third-order valence-corrected chi connectivity index (χ3v) is 6.95. The molecule has 0 aliphatic carbocycles. The molecule has 0 aliphatic heterocycles. The summed E-state index contributed by atoms with van der Waals surface area (Å²) in [7, 11) is 1.56. The number of hydrogen-bond donors (Lipinski definition) is 0. The monoisotopic (exact) mass is 580 g/mol. The molecule has 0 aliphatic rings. The number of para-hydroxylation sites is 2. The highest BCUT2D eigenvalue weighted by Gasteiger charge is 2.21. The smallest absolute Gasteiger partial charge is 0.311 e. The number of nitrogens with zero attached hydrogens (tertiary/aromatic N) is 4. The van der Waals surface area contributed by atoms with Crippen molar-refractivity contribution in [2.45, 2.75) is 6.61 Å². The van der Waals surface area contributed by atoms with Gasteiger partial charge in [-0.2, -0.15) is 9.78 Å². The standard InChI is InChI=1S/C31H21ClN4O6/c1-40-26-14-7-15-27-22(26)16-28(42-27)30-34-24-12-5-3-10-21(24)31(37)35(30)33-17-19-9-6-13-25(36(38)39)29(19)41-18-20-8-2-4-11-23(20)32/h2-17H,18H2,1H3. The summed E-state index contributed by atoms with van der Waals surface area (Å²) >= 11 is 6.26. The van der Waals surface area contributed by atoms with Crippen molar-refractivity contribution in [3.63, 3.8) is 0 Å². The van der Waals surface area contributed by atoms with Gasteiger partial charge in [-0.3, -0.25) is 14.9 Å². The molecule has 0 saturated heterocycles. The van der Waals surface area contributed by atoms with E-state index in [9.17, 15) is 14.9 Å². The summed E-state index contributed by atoms with van der Waals surface area (Å²) in [5.41, 5.74) is 1.20. The summed E-state index contributed by atoms with van der Waals surface area (Å²) in [6, 6.07) is 25.4. The molecule has 11 heteroatoms. The Morgan fingerprint density at radius 3 is 2.62 bits per heavy atom. The van der Waals surface area contributed by atoms with Crippen LogP contribution in [-0.4, -0.2) is 27.9 Å². The number of benzene rings is 4. The Bertz CT molecular complexity index is 2070. The van der Waals surface area contributed by atoms with Gasteiger partial charge in [-0.25, -0.2) is 4.98 Å². The van der Waals surface area contributed by atoms with Gasteiger partial charge in [-0.05, 0) is 42.5 Å². The maximum absolute atomic E-state index is 13.7. The number of nitro groups is 1. The van der Waals surface area contributed by atoms with E-state index >= 15 is 0 Å². The van der Waals surface area contributed by atoms with Crippen LogP contribution in [0.3, 0.4) is 0 Å². The molecule has 0 unspecified atom stereocenters. The van der Waals surface area contributed by atoms with Crippen molar-refractivity contribution in [1.82, 2.24) is 9.66 Å². The molecule has 0 N–H and O–H groups in total. The second-order valence-electron chi connectivity index (χ2n) is 9.13.